The molecule has 0 heterocycles. The second-order valence-corrected chi connectivity index (χ2v) is 9.86. The van der Waals surface area contributed by atoms with Gasteiger partial charge in [0.05, 0.1) is 0 Å². The smallest absolute Gasteiger partial charge is 0.159 e. The highest BCUT2D eigenvalue weighted by Crippen LogP contribution is 2.54. The van der Waals surface area contributed by atoms with Gasteiger partial charge in [-0.15, -0.1) is 0 Å². The van der Waals surface area contributed by atoms with Crippen LogP contribution in [0, 0.1) is 47.1 Å². The lowest BCUT2D eigenvalue weighted by Crippen LogP contribution is -2.41. The van der Waals surface area contributed by atoms with Gasteiger partial charge in [-0.2, -0.15) is 0 Å². The molecule has 0 amide bonds. The van der Waals surface area contributed by atoms with Crippen molar-refractivity contribution in [2.45, 2.75) is 84.0 Å². The lowest BCUT2D eigenvalue weighted by molar-refractivity contribution is -0.00405. The van der Waals surface area contributed by atoms with E-state index in [1.165, 1.54) is 76.3 Å². The van der Waals surface area contributed by atoms with Gasteiger partial charge in [-0.3, -0.25) is 0 Å². The van der Waals surface area contributed by atoms with Crippen LogP contribution in [0.4, 0.5) is 8.78 Å². The van der Waals surface area contributed by atoms with Crippen LogP contribution in [0.1, 0.15) is 83.1 Å². The molecule has 0 aliphatic heterocycles. The molecular formula is C25H36F2. The van der Waals surface area contributed by atoms with Gasteiger partial charge in [0.15, 0.2) is 11.6 Å². The predicted molar refractivity (Wildman–Crippen MR) is 107 cm³/mol. The van der Waals surface area contributed by atoms with Gasteiger partial charge in [-0.25, -0.2) is 8.78 Å². The summed E-state index contributed by atoms with van der Waals surface area (Å²) >= 11 is 0. The van der Waals surface area contributed by atoms with Crippen LogP contribution in [0.5, 0.6) is 0 Å². The molecule has 150 valence electrons. The third-order valence-corrected chi connectivity index (χ3v) is 8.28. The predicted octanol–water partition coefficient (Wildman–Crippen LogP) is 7.56. The second kappa shape index (κ2) is 8.62. The van der Waals surface area contributed by atoms with Gasteiger partial charge in [0.1, 0.15) is 0 Å². The topological polar surface area (TPSA) is 0 Å². The Morgan fingerprint density at radius 1 is 0.778 bits per heavy atom. The number of fused-ring (bicyclic) bond motifs is 3. The van der Waals surface area contributed by atoms with Gasteiger partial charge in [-0.1, -0.05) is 38.7 Å². The molecule has 3 fully saturated rings. The number of halogens is 2. The maximum absolute atomic E-state index is 13.4. The molecule has 0 nitrogen and oxygen atoms in total. The van der Waals surface area contributed by atoms with Crippen molar-refractivity contribution >= 4 is 0 Å². The maximum Gasteiger partial charge on any atom is 0.159 e. The fourth-order valence-corrected chi connectivity index (χ4v) is 6.99. The van der Waals surface area contributed by atoms with Gasteiger partial charge in [-0.05, 0) is 105 Å². The highest BCUT2D eigenvalue weighted by molar-refractivity contribution is 5.18. The Kier molecular flexibility index (Phi) is 6.19. The fourth-order valence-electron chi connectivity index (χ4n) is 6.99. The standard InChI is InChI=1S/C25H36F2/c1-2-3-17-6-11-22-20(14-17)9-10-21-15-18(7-12-23(21)22)4-5-19-8-13-24(26)25(27)16-19/h8,13,16-18,20-23H,2-7,9-12,14-15H2,1H3/t17-,18?,20-,21+,22+,23+/m1/s1. The first-order valence-corrected chi connectivity index (χ1v) is 11.6. The SMILES string of the molecule is CCC[C@@H]1CC[C@H]2[C@H](CC[C@H]3CC(CCc4ccc(F)c(F)c4)CC[C@@H]32)C1. The van der Waals surface area contributed by atoms with Crippen molar-refractivity contribution in [1.29, 1.82) is 0 Å². The summed E-state index contributed by atoms with van der Waals surface area (Å²) in [6.07, 6.45) is 16.4. The van der Waals surface area contributed by atoms with E-state index in [-0.39, 0.29) is 0 Å². The minimum absolute atomic E-state index is 0.701. The van der Waals surface area contributed by atoms with Crippen LogP contribution < -0.4 is 0 Å². The number of rotatable bonds is 5. The van der Waals surface area contributed by atoms with Crippen LogP contribution in [0.25, 0.3) is 0 Å². The van der Waals surface area contributed by atoms with E-state index in [1.54, 1.807) is 6.07 Å². The minimum Gasteiger partial charge on any atom is -0.204 e. The van der Waals surface area contributed by atoms with Crippen molar-refractivity contribution in [1.82, 2.24) is 0 Å². The summed E-state index contributed by atoms with van der Waals surface area (Å²) in [5.41, 5.74) is 0.953. The number of hydrogen-bond acceptors (Lipinski definition) is 0. The van der Waals surface area contributed by atoms with Gasteiger partial charge in [0.25, 0.3) is 0 Å². The van der Waals surface area contributed by atoms with Crippen molar-refractivity contribution in [3.8, 4) is 0 Å². The van der Waals surface area contributed by atoms with Crippen molar-refractivity contribution in [2.24, 2.45) is 35.5 Å². The first kappa shape index (κ1) is 19.4. The second-order valence-electron chi connectivity index (χ2n) is 9.86. The molecule has 3 aliphatic carbocycles. The first-order valence-electron chi connectivity index (χ1n) is 11.6. The Morgan fingerprint density at radius 3 is 2.00 bits per heavy atom. The molecule has 27 heavy (non-hydrogen) atoms. The van der Waals surface area contributed by atoms with Gasteiger partial charge < -0.3 is 0 Å². The van der Waals surface area contributed by atoms with Gasteiger partial charge in [0.2, 0.25) is 0 Å². The molecule has 3 aliphatic rings. The zero-order chi connectivity index (χ0) is 18.8. The fraction of sp³-hybridized carbons (Fsp3) is 0.760. The van der Waals surface area contributed by atoms with Crippen LogP contribution in [0.3, 0.4) is 0 Å². The van der Waals surface area contributed by atoms with Crippen LogP contribution in [-0.4, -0.2) is 0 Å². The van der Waals surface area contributed by atoms with Crippen LogP contribution >= 0.6 is 0 Å². The zero-order valence-corrected chi connectivity index (χ0v) is 16.9. The van der Waals surface area contributed by atoms with Crippen molar-refractivity contribution in [3.63, 3.8) is 0 Å². The van der Waals surface area contributed by atoms with E-state index in [0.717, 1.165) is 53.9 Å². The summed E-state index contributed by atoms with van der Waals surface area (Å²) in [6.45, 7) is 2.34. The summed E-state index contributed by atoms with van der Waals surface area (Å²) in [5.74, 6) is 4.34. The van der Waals surface area contributed by atoms with E-state index < -0.39 is 11.6 Å². The largest absolute Gasteiger partial charge is 0.204 e. The zero-order valence-electron chi connectivity index (χ0n) is 16.9. The molecule has 4 rings (SSSR count). The monoisotopic (exact) mass is 374 g/mol. The van der Waals surface area contributed by atoms with Crippen molar-refractivity contribution in [3.05, 3.63) is 35.4 Å². The van der Waals surface area contributed by atoms with Crippen molar-refractivity contribution in [2.75, 3.05) is 0 Å². The highest BCUT2D eigenvalue weighted by Gasteiger charge is 2.44. The van der Waals surface area contributed by atoms with E-state index in [0.29, 0.717) is 0 Å². The third kappa shape index (κ3) is 4.40. The third-order valence-electron chi connectivity index (χ3n) is 8.28. The summed E-state index contributed by atoms with van der Waals surface area (Å²) in [4.78, 5) is 0. The Labute approximate surface area is 164 Å². The lowest BCUT2D eigenvalue weighted by atomic mass is 9.55. The summed E-state index contributed by atoms with van der Waals surface area (Å²) in [6, 6.07) is 4.42. The Morgan fingerprint density at radius 2 is 1.41 bits per heavy atom. The molecule has 0 N–H and O–H groups in total. The average molecular weight is 375 g/mol. The number of hydrogen-bond donors (Lipinski definition) is 0. The molecule has 0 bridgehead atoms. The number of benzene rings is 1. The molecular weight excluding hydrogens is 338 g/mol. The molecule has 3 saturated carbocycles. The maximum atomic E-state index is 13.4. The van der Waals surface area contributed by atoms with E-state index in [9.17, 15) is 8.78 Å². The molecule has 6 atom stereocenters. The molecule has 0 spiro atoms. The van der Waals surface area contributed by atoms with Crippen LogP contribution in [0.15, 0.2) is 18.2 Å². The van der Waals surface area contributed by atoms with Gasteiger partial charge in [0, 0.05) is 0 Å². The van der Waals surface area contributed by atoms with E-state index in [1.807, 2.05) is 0 Å². The van der Waals surface area contributed by atoms with Crippen LogP contribution in [0.2, 0.25) is 0 Å². The molecule has 0 aromatic heterocycles. The Balaban J connectivity index is 1.29. The quantitative estimate of drug-likeness (QED) is 0.499. The minimum atomic E-state index is -0.732. The Hall–Kier alpha value is -0.920. The molecule has 0 saturated heterocycles. The lowest BCUT2D eigenvalue weighted by Gasteiger charge is -2.51. The first-order chi connectivity index (χ1) is 13.1. The molecule has 1 unspecified atom stereocenters. The molecule has 1 aromatic rings. The Bertz CT molecular complexity index is 625. The normalized spacial score (nSPS) is 36.1. The van der Waals surface area contributed by atoms with Crippen LogP contribution in [-0.2, 0) is 6.42 Å². The summed E-state index contributed by atoms with van der Waals surface area (Å²) < 4.78 is 26.5. The molecule has 1 aromatic carbocycles. The van der Waals surface area contributed by atoms with Gasteiger partial charge >= 0.3 is 0 Å². The van der Waals surface area contributed by atoms with Crippen molar-refractivity contribution < 1.29 is 8.78 Å². The summed E-state index contributed by atoms with van der Waals surface area (Å²) in [5, 5.41) is 0. The molecule has 0 radical (unpaired) electrons. The van der Waals surface area contributed by atoms with E-state index in [4.69, 9.17) is 0 Å². The average Bonchev–Trinajstić information content (AvgIpc) is 2.68. The highest BCUT2D eigenvalue weighted by atomic mass is 19.2. The van der Waals surface area contributed by atoms with E-state index >= 15 is 0 Å². The summed E-state index contributed by atoms with van der Waals surface area (Å²) in [7, 11) is 0. The van der Waals surface area contributed by atoms with E-state index in [2.05, 4.69) is 6.92 Å². The number of aryl methyl sites for hydroxylation is 1. The molecule has 2 heteroatoms.